The van der Waals surface area contributed by atoms with Crippen molar-refractivity contribution in [3.05, 3.63) is 38.4 Å². The van der Waals surface area contributed by atoms with Gasteiger partial charge in [0, 0.05) is 31.2 Å². The van der Waals surface area contributed by atoms with Gasteiger partial charge in [0.1, 0.15) is 11.4 Å². The Labute approximate surface area is 139 Å². The first kappa shape index (κ1) is 18.1. The van der Waals surface area contributed by atoms with Crippen LogP contribution in [-0.2, 0) is 16.0 Å². The number of hydrogen-bond donors (Lipinski definition) is 0. The van der Waals surface area contributed by atoms with Crippen LogP contribution < -0.4 is 5.56 Å². The first-order valence-corrected chi connectivity index (χ1v) is 7.87. The molecule has 24 heavy (non-hydrogen) atoms. The van der Waals surface area contributed by atoms with E-state index in [0.29, 0.717) is 5.82 Å². The van der Waals surface area contributed by atoms with Crippen LogP contribution in [0.25, 0.3) is 10.4 Å². The second-order valence-corrected chi connectivity index (χ2v) is 5.68. The zero-order valence-corrected chi connectivity index (χ0v) is 13.8. The van der Waals surface area contributed by atoms with Gasteiger partial charge < -0.3 is 9.47 Å². The Hall–Kier alpha value is -2.22. The molecule has 130 valence electrons. The largest absolute Gasteiger partial charge is 0.354 e. The highest BCUT2D eigenvalue weighted by atomic mass is 16.7. The molecule has 0 aliphatic heterocycles. The van der Waals surface area contributed by atoms with Crippen LogP contribution in [0, 0.1) is 0 Å². The predicted octanol–water partition coefficient (Wildman–Crippen LogP) is 2.36. The summed E-state index contributed by atoms with van der Waals surface area (Å²) in [4.78, 5) is 31.3. The average molecular weight is 335 g/mol. The highest BCUT2D eigenvalue weighted by molar-refractivity contribution is 5.94. The van der Waals surface area contributed by atoms with E-state index in [1.807, 2.05) is 0 Å². The van der Waals surface area contributed by atoms with Crippen molar-refractivity contribution >= 4 is 5.91 Å². The van der Waals surface area contributed by atoms with Crippen molar-refractivity contribution in [3.8, 4) is 0 Å². The lowest BCUT2D eigenvalue weighted by Crippen LogP contribution is -2.35. The van der Waals surface area contributed by atoms with Crippen LogP contribution in [0.15, 0.2) is 16.1 Å². The van der Waals surface area contributed by atoms with Crippen LogP contribution in [0.2, 0.25) is 0 Å². The zero-order chi connectivity index (χ0) is 17.5. The molecule has 9 heteroatoms. The molecule has 0 spiro atoms. The topological polar surface area (TPSA) is 119 Å². The molecule has 2 rings (SSSR count). The molecule has 1 aliphatic rings. The summed E-state index contributed by atoms with van der Waals surface area (Å²) in [6.45, 7) is 0.113. The van der Waals surface area contributed by atoms with E-state index in [0.717, 1.165) is 25.7 Å². The standard InChI is InChI=1S/C15H21N5O4/c1-23-12(24-2)9-20-13(10-6-4-3-5-7-10)17-8-11(15(20)22)14(21)18-19-16/h8,10,12H,3-7,9H2,1-2H3. The van der Waals surface area contributed by atoms with Gasteiger partial charge in [-0.1, -0.05) is 19.3 Å². The molecule has 1 aliphatic carbocycles. The lowest BCUT2D eigenvalue weighted by Gasteiger charge is -2.25. The molecule has 9 nitrogen and oxygen atoms in total. The summed E-state index contributed by atoms with van der Waals surface area (Å²) in [6, 6.07) is 0. The third kappa shape index (κ3) is 4.00. The molecule has 1 aromatic rings. The maximum absolute atomic E-state index is 12.7. The van der Waals surface area contributed by atoms with E-state index in [4.69, 9.17) is 15.0 Å². The van der Waals surface area contributed by atoms with Crippen LogP contribution in [0.5, 0.6) is 0 Å². The third-order valence-corrected chi connectivity index (χ3v) is 4.27. The number of ether oxygens (including phenoxy) is 2. The molecule has 1 aromatic heterocycles. The molecular formula is C15H21N5O4. The summed E-state index contributed by atoms with van der Waals surface area (Å²) in [5.74, 6) is -0.161. The fourth-order valence-corrected chi connectivity index (χ4v) is 3.00. The Morgan fingerprint density at radius 1 is 1.42 bits per heavy atom. The number of azide groups is 1. The summed E-state index contributed by atoms with van der Waals surface area (Å²) >= 11 is 0. The normalized spacial score (nSPS) is 15.3. The molecule has 1 heterocycles. The van der Waals surface area contributed by atoms with Crippen LogP contribution in [0.3, 0.4) is 0 Å². The lowest BCUT2D eigenvalue weighted by atomic mass is 9.88. The summed E-state index contributed by atoms with van der Waals surface area (Å²) < 4.78 is 11.8. The molecule has 0 N–H and O–H groups in total. The monoisotopic (exact) mass is 335 g/mol. The van der Waals surface area contributed by atoms with Crippen LogP contribution in [0.1, 0.15) is 54.2 Å². The number of methoxy groups -OCH3 is 2. The van der Waals surface area contributed by atoms with Gasteiger partial charge in [0.25, 0.3) is 11.5 Å². The summed E-state index contributed by atoms with van der Waals surface area (Å²) in [6.07, 6.45) is 5.79. The van der Waals surface area contributed by atoms with Crippen molar-refractivity contribution in [2.75, 3.05) is 14.2 Å². The third-order valence-electron chi connectivity index (χ3n) is 4.27. The minimum absolute atomic E-state index is 0.113. The smallest absolute Gasteiger partial charge is 0.264 e. The molecule has 1 saturated carbocycles. The van der Waals surface area contributed by atoms with Gasteiger partial charge in [-0.15, -0.1) is 0 Å². The van der Waals surface area contributed by atoms with E-state index in [-0.39, 0.29) is 18.0 Å². The van der Waals surface area contributed by atoms with E-state index >= 15 is 0 Å². The van der Waals surface area contributed by atoms with Crippen molar-refractivity contribution in [3.63, 3.8) is 0 Å². The summed E-state index contributed by atoms with van der Waals surface area (Å²) in [7, 11) is 2.95. The van der Waals surface area contributed by atoms with Crippen molar-refractivity contribution < 1.29 is 14.3 Å². The van der Waals surface area contributed by atoms with Crippen molar-refractivity contribution in [1.29, 1.82) is 0 Å². The number of aromatic nitrogens is 2. The Morgan fingerprint density at radius 2 is 2.08 bits per heavy atom. The highest BCUT2D eigenvalue weighted by Gasteiger charge is 2.24. The molecule has 0 saturated heterocycles. The van der Waals surface area contributed by atoms with Gasteiger partial charge >= 0.3 is 0 Å². The fourth-order valence-electron chi connectivity index (χ4n) is 3.00. The van der Waals surface area contributed by atoms with E-state index in [1.165, 1.54) is 31.4 Å². The van der Waals surface area contributed by atoms with Crippen LogP contribution >= 0.6 is 0 Å². The van der Waals surface area contributed by atoms with E-state index in [2.05, 4.69) is 15.0 Å². The molecular weight excluding hydrogens is 314 g/mol. The minimum atomic E-state index is -0.940. The van der Waals surface area contributed by atoms with Gasteiger partial charge in [0.05, 0.1) is 6.54 Å². The Kier molecular flexibility index (Phi) is 6.48. The minimum Gasteiger partial charge on any atom is -0.354 e. The lowest BCUT2D eigenvalue weighted by molar-refractivity contribution is -0.112. The van der Waals surface area contributed by atoms with E-state index < -0.39 is 17.8 Å². The number of hydrogen-bond acceptors (Lipinski definition) is 5. The van der Waals surface area contributed by atoms with Gasteiger partial charge in [-0.05, 0) is 23.5 Å². The number of carbonyl (C=O) groups is 1. The molecule has 0 radical (unpaired) electrons. The van der Waals surface area contributed by atoms with Crippen LogP contribution in [0.4, 0.5) is 0 Å². The van der Waals surface area contributed by atoms with Gasteiger partial charge in [-0.25, -0.2) is 4.98 Å². The first-order chi connectivity index (χ1) is 11.6. The Morgan fingerprint density at radius 3 is 2.67 bits per heavy atom. The maximum Gasteiger partial charge on any atom is 0.264 e. The zero-order valence-electron chi connectivity index (χ0n) is 13.8. The highest BCUT2D eigenvalue weighted by Crippen LogP contribution is 2.31. The van der Waals surface area contributed by atoms with E-state index in [9.17, 15) is 9.59 Å². The average Bonchev–Trinajstić information content (AvgIpc) is 2.61. The molecule has 0 bridgehead atoms. The second-order valence-electron chi connectivity index (χ2n) is 5.68. The predicted molar refractivity (Wildman–Crippen MR) is 85.6 cm³/mol. The van der Waals surface area contributed by atoms with Crippen LogP contribution in [-0.4, -0.2) is 36.0 Å². The molecule has 0 atom stereocenters. The summed E-state index contributed by atoms with van der Waals surface area (Å²) in [5.41, 5.74) is 7.62. The fraction of sp³-hybridized carbons (Fsp3) is 0.667. The van der Waals surface area contributed by atoms with Crippen molar-refractivity contribution in [2.45, 2.75) is 50.9 Å². The summed E-state index contributed by atoms with van der Waals surface area (Å²) in [5, 5.41) is 2.98. The number of rotatable bonds is 6. The Bertz CT molecular complexity index is 686. The number of amides is 1. The SMILES string of the molecule is COC(Cn1c(C2CCCCC2)ncc(C(=O)N=[N+]=[N-])c1=O)OC. The van der Waals surface area contributed by atoms with E-state index in [1.54, 1.807) is 0 Å². The number of carbonyl (C=O) groups excluding carboxylic acids is 1. The first-order valence-electron chi connectivity index (χ1n) is 7.87. The number of nitrogens with zero attached hydrogens (tertiary/aromatic N) is 5. The molecule has 1 fully saturated rings. The van der Waals surface area contributed by atoms with Gasteiger partial charge in [-0.3, -0.25) is 14.2 Å². The second kappa shape index (κ2) is 8.58. The molecule has 0 unspecified atom stereocenters. The quantitative estimate of drug-likeness (QED) is 0.342. The van der Waals surface area contributed by atoms with Gasteiger partial charge in [0.2, 0.25) is 0 Å². The van der Waals surface area contributed by atoms with Gasteiger partial charge in [-0.2, -0.15) is 0 Å². The Balaban J connectivity index is 2.49. The van der Waals surface area contributed by atoms with Crippen molar-refractivity contribution in [1.82, 2.24) is 9.55 Å². The van der Waals surface area contributed by atoms with Gasteiger partial charge in [0.15, 0.2) is 6.29 Å². The molecule has 0 aromatic carbocycles. The molecule has 1 amide bonds. The maximum atomic E-state index is 12.7. The van der Waals surface area contributed by atoms with Crippen molar-refractivity contribution in [2.24, 2.45) is 5.11 Å².